The van der Waals surface area contributed by atoms with Crippen LogP contribution >= 0.6 is 0 Å². The van der Waals surface area contributed by atoms with Crippen molar-refractivity contribution in [2.24, 2.45) is 7.05 Å². The van der Waals surface area contributed by atoms with Crippen molar-refractivity contribution < 1.29 is 4.79 Å². The average Bonchev–Trinajstić information content (AvgIpc) is 2.75. The Kier molecular flexibility index (Phi) is 3.18. The standard InChI is InChI=1S/C12H14N4O/c1-9-3-5-10(6-4-9)7-13-12(17)11-8-16(2)15-14-11/h3-6,8H,7H2,1-2H3,(H,13,17). The molecule has 1 N–H and O–H groups in total. The number of carbonyl (C=O) groups is 1. The maximum Gasteiger partial charge on any atom is 0.273 e. The summed E-state index contributed by atoms with van der Waals surface area (Å²) in [4.78, 5) is 11.7. The van der Waals surface area contributed by atoms with Crippen LogP contribution in [0.2, 0.25) is 0 Å². The van der Waals surface area contributed by atoms with Gasteiger partial charge in [0.05, 0.1) is 6.20 Å². The quantitative estimate of drug-likeness (QED) is 0.857. The molecule has 0 atom stereocenters. The highest BCUT2D eigenvalue weighted by molar-refractivity contribution is 5.91. The number of benzene rings is 1. The van der Waals surface area contributed by atoms with Crippen molar-refractivity contribution in [2.75, 3.05) is 0 Å². The van der Waals surface area contributed by atoms with Gasteiger partial charge in [0, 0.05) is 13.6 Å². The van der Waals surface area contributed by atoms with Crippen molar-refractivity contribution in [3.05, 3.63) is 47.3 Å². The Morgan fingerprint density at radius 2 is 2.06 bits per heavy atom. The minimum Gasteiger partial charge on any atom is -0.347 e. The zero-order valence-corrected chi connectivity index (χ0v) is 9.84. The van der Waals surface area contributed by atoms with Crippen LogP contribution in [0.3, 0.4) is 0 Å². The zero-order valence-electron chi connectivity index (χ0n) is 9.84. The molecule has 0 unspecified atom stereocenters. The summed E-state index contributed by atoms with van der Waals surface area (Å²) in [6.45, 7) is 2.53. The number of nitrogens with one attached hydrogen (secondary N) is 1. The molecule has 1 aromatic heterocycles. The van der Waals surface area contributed by atoms with Gasteiger partial charge >= 0.3 is 0 Å². The molecule has 0 saturated heterocycles. The van der Waals surface area contributed by atoms with E-state index in [2.05, 4.69) is 15.6 Å². The van der Waals surface area contributed by atoms with Crippen LogP contribution in [0, 0.1) is 6.92 Å². The summed E-state index contributed by atoms with van der Waals surface area (Å²) >= 11 is 0. The summed E-state index contributed by atoms with van der Waals surface area (Å²) in [7, 11) is 1.73. The molecule has 1 aromatic carbocycles. The van der Waals surface area contributed by atoms with E-state index in [-0.39, 0.29) is 5.91 Å². The van der Waals surface area contributed by atoms with E-state index >= 15 is 0 Å². The number of amides is 1. The Balaban J connectivity index is 1.94. The molecule has 0 radical (unpaired) electrons. The first-order chi connectivity index (χ1) is 8.15. The van der Waals surface area contributed by atoms with Gasteiger partial charge in [0.15, 0.2) is 5.69 Å². The van der Waals surface area contributed by atoms with Crippen LogP contribution in [-0.4, -0.2) is 20.9 Å². The predicted molar refractivity (Wildman–Crippen MR) is 63.4 cm³/mol. The Morgan fingerprint density at radius 1 is 1.35 bits per heavy atom. The maximum absolute atomic E-state index is 11.7. The molecule has 0 aliphatic heterocycles. The first-order valence-corrected chi connectivity index (χ1v) is 5.35. The average molecular weight is 230 g/mol. The van der Waals surface area contributed by atoms with Crippen LogP contribution in [0.15, 0.2) is 30.5 Å². The summed E-state index contributed by atoms with van der Waals surface area (Å²) in [6.07, 6.45) is 1.59. The molecule has 1 heterocycles. The Morgan fingerprint density at radius 3 is 2.65 bits per heavy atom. The molecular weight excluding hydrogens is 216 g/mol. The van der Waals surface area contributed by atoms with Crippen molar-refractivity contribution >= 4 is 5.91 Å². The van der Waals surface area contributed by atoms with Crippen LogP contribution in [0.4, 0.5) is 0 Å². The lowest BCUT2D eigenvalue weighted by atomic mass is 10.1. The van der Waals surface area contributed by atoms with Gasteiger partial charge in [-0.05, 0) is 12.5 Å². The van der Waals surface area contributed by atoms with Crippen molar-refractivity contribution in [1.82, 2.24) is 20.3 Å². The van der Waals surface area contributed by atoms with Crippen LogP contribution < -0.4 is 5.32 Å². The van der Waals surface area contributed by atoms with Crippen LogP contribution in [-0.2, 0) is 13.6 Å². The van der Waals surface area contributed by atoms with Gasteiger partial charge in [0.2, 0.25) is 0 Å². The molecule has 0 aliphatic carbocycles. The fraction of sp³-hybridized carbons (Fsp3) is 0.250. The number of aryl methyl sites for hydroxylation is 2. The summed E-state index contributed by atoms with van der Waals surface area (Å²) in [5, 5.41) is 10.2. The Labute approximate surface area is 99.5 Å². The molecule has 1 amide bonds. The molecule has 5 nitrogen and oxygen atoms in total. The van der Waals surface area contributed by atoms with Crippen molar-refractivity contribution in [3.8, 4) is 0 Å². The van der Waals surface area contributed by atoms with Gasteiger partial charge in [0.1, 0.15) is 0 Å². The second-order valence-corrected chi connectivity index (χ2v) is 3.95. The molecule has 0 spiro atoms. The maximum atomic E-state index is 11.7. The van der Waals surface area contributed by atoms with E-state index in [9.17, 15) is 4.79 Å². The van der Waals surface area contributed by atoms with Gasteiger partial charge in [-0.15, -0.1) is 5.10 Å². The Hall–Kier alpha value is -2.17. The smallest absolute Gasteiger partial charge is 0.273 e. The van der Waals surface area contributed by atoms with Crippen molar-refractivity contribution in [3.63, 3.8) is 0 Å². The highest BCUT2D eigenvalue weighted by atomic mass is 16.1. The van der Waals surface area contributed by atoms with Crippen molar-refractivity contribution in [2.45, 2.75) is 13.5 Å². The van der Waals surface area contributed by atoms with E-state index < -0.39 is 0 Å². The second-order valence-electron chi connectivity index (χ2n) is 3.95. The van der Waals surface area contributed by atoms with Crippen LogP contribution in [0.25, 0.3) is 0 Å². The zero-order chi connectivity index (χ0) is 12.3. The number of carbonyl (C=O) groups excluding carboxylic acids is 1. The fourth-order valence-corrected chi connectivity index (χ4v) is 1.43. The van der Waals surface area contributed by atoms with Gasteiger partial charge in [0.25, 0.3) is 5.91 Å². The normalized spacial score (nSPS) is 10.2. The van der Waals surface area contributed by atoms with Crippen LogP contribution in [0.5, 0.6) is 0 Å². The SMILES string of the molecule is Cc1ccc(CNC(=O)c2cn(C)nn2)cc1. The van der Waals surface area contributed by atoms with E-state index in [1.807, 2.05) is 31.2 Å². The van der Waals surface area contributed by atoms with E-state index in [0.717, 1.165) is 5.56 Å². The molecule has 17 heavy (non-hydrogen) atoms. The van der Waals surface area contributed by atoms with Gasteiger partial charge < -0.3 is 5.32 Å². The lowest BCUT2D eigenvalue weighted by molar-refractivity contribution is 0.0946. The molecule has 0 saturated carbocycles. The molecule has 5 heteroatoms. The lowest BCUT2D eigenvalue weighted by Gasteiger charge is -2.03. The molecule has 2 aromatic rings. The van der Waals surface area contributed by atoms with Gasteiger partial charge in [-0.25, -0.2) is 0 Å². The first-order valence-electron chi connectivity index (χ1n) is 5.35. The topological polar surface area (TPSA) is 59.8 Å². The molecule has 88 valence electrons. The largest absolute Gasteiger partial charge is 0.347 e. The number of hydrogen-bond acceptors (Lipinski definition) is 3. The third-order valence-corrected chi connectivity index (χ3v) is 2.41. The molecule has 0 aliphatic rings. The minimum atomic E-state index is -0.210. The predicted octanol–water partition coefficient (Wildman–Crippen LogP) is 1.05. The highest BCUT2D eigenvalue weighted by Crippen LogP contribution is 2.02. The number of hydrogen-bond donors (Lipinski definition) is 1. The fourth-order valence-electron chi connectivity index (χ4n) is 1.43. The minimum absolute atomic E-state index is 0.210. The molecule has 2 rings (SSSR count). The van der Waals surface area contributed by atoms with E-state index in [1.54, 1.807) is 13.2 Å². The first kappa shape index (κ1) is 11.3. The number of aromatic nitrogens is 3. The lowest BCUT2D eigenvalue weighted by Crippen LogP contribution is -2.23. The molecular formula is C12H14N4O. The van der Waals surface area contributed by atoms with E-state index in [4.69, 9.17) is 0 Å². The highest BCUT2D eigenvalue weighted by Gasteiger charge is 2.08. The number of nitrogens with zero attached hydrogens (tertiary/aromatic N) is 3. The second kappa shape index (κ2) is 4.78. The molecule has 0 bridgehead atoms. The Bertz CT molecular complexity index is 516. The van der Waals surface area contributed by atoms with Gasteiger partial charge in [-0.2, -0.15) is 0 Å². The third-order valence-electron chi connectivity index (χ3n) is 2.41. The van der Waals surface area contributed by atoms with Gasteiger partial charge in [-0.1, -0.05) is 35.0 Å². The summed E-state index contributed by atoms with van der Waals surface area (Å²) in [5.74, 6) is -0.210. The van der Waals surface area contributed by atoms with Gasteiger partial charge in [-0.3, -0.25) is 9.48 Å². The van der Waals surface area contributed by atoms with Crippen molar-refractivity contribution in [1.29, 1.82) is 0 Å². The van der Waals surface area contributed by atoms with E-state index in [1.165, 1.54) is 10.2 Å². The molecule has 0 fully saturated rings. The summed E-state index contributed by atoms with van der Waals surface area (Å²) in [6, 6.07) is 8.02. The van der Waals surface area contributed by atoms with Crippen LogP contribution in [0.1, 0.15) is 21.6 Å². The summed E-state index contributed by atoms with van der Waals surface area (Å²) in [5.41, 5.74) is 2.60. The third kappa shape index (κ3) is 2.90. The number of rotatable bonds is 3. The van der Waals surface area contributed by atoms with E-state index in [0.29, 0.717) is 12.2 Å². The monoisotopic (exact) mass is 230 g/mol. The summed E-state index contributed by atoms with van der Waals surface area (Å²) < 4.78 is 1.50.